The Morgan fingerprint density at radius 3 is 2.57 bits per heavy atom. The van der Waals surface area contributed by atoms with Crippen molar-refractivity contribution in [2.24, 2.45) is 0 Å². The number of aryl methyl sites for hydroxylation is 1. The number of hydrazine groups is 1. The third-order valence-corrected chi connectivity index (χ3v) is 2.56. The molecule has 7 heteroatoms. The van der Waals surface area contributed by atoms with Gasteiger partial charge in [-0.2, -0.15) is 0 Å². The summed E-state index contributed by atoms with van der Waals surface area (Å²) in [6, 6.07) is 7.22. The van der Waals surface area contributed by atoms with Gasteiger partial charge in [-0.05, 0) is 31.5 Å². The molecule has 114 valence electrons. The fourth-order valence-corrected chi connectivity index (χ4v) is 1.46. The molecule has 0 aliphatic carbocycles. The predicted octanol–water partition coefficient (Wildman–Crippen LogP) is 0.775. The van der Waals surface area contributed by atoms with E-state index in [0.29, 0.717) is 5.75 Å². The van der Waals surface area contributed by atoms with E-state index in [1.54, 1.807) is 19.1 Å². The Morgan fingerprint density at radius 1 is 1.24 bits per heavy atom. The van der Waals surface area contributed by atoms with Gasteiger partial charge in [-0.1, -0.05) is 12.1 Å². The van der Waals surface area contributed by atoms with E-state index < -0.39 is 23.9 Å². The third kappa shape index (κ3) is 6.42. The summed E-state index contributed by atoms with van der Waals surface area (Å²) in [4.78, 5) is 33.2. The standard InChI is InChI=1S/C14H18N2O5/c1-9-4-3-5-11(8-9)21-10(2)14(20)16-15-12(17)6-7-13(18)19/h3-5,8,10H,6-7H2,1-2H3,(H,15,17)(H,16,20)(H,18,19). The second-order valence-corrected chi connectivity index (χ2v) is 4.51. The minimum Gasteiger partial charge on any atom is -0.481 e. The van der Waals surface area contributed by atoms with Gasteiger partial charge in [-0.15, -0.1) is 0 Å². The first-order valence-electron chi connectivity index (χ1n) is 6.42. The lowest BCUT2D eigenvalue weighted by Crippen LogP contribution is -2.47. The predicted molar refractivity (Wildman–Crippen MR) is 74.4 cm³/mol. The fourth-order valence-electron chi connectivity index (χ4n) is 1.46. The monoisotopic (exact) mass is 294 g/mol. The number of nitrogens with one attached hydrogen (secondary N) is 2. The largest absolute Gasteiger partial charge is 0.481 e. The van der Waals surface area contributed by atoms with Gasteiger partial charge < -0.3 is 9.84 Å². The molecule has 1 aromatic rings. The molecule has 1 unspecified atom stereocenters. The van der Waals surface area contributed by atoms with Gasteiger partial charge in [-0.25, -0.2) is 0 Å². The molecule has 2 amide bonds. The van der Waals surface area contributed by atoms with E-state index in [-0.39, 0.29) is 12.8 Å². The molecule has 0 aliphatic heterocycles. The fraction of sp³-hybridized carbons (Fsp3) is 0.357. The maximum Gasteiger partial charge on any atom is 0.303 e. The highest BCUT2D eigenvalue weighted by atomic mass is 16.5. The topological polar surface area (TPSA) is 105 Å². The van der Waals surface area contributed by atoms with Crippen molar-refractivity contribution in [1.29, 1.82) is 0 Å². The van der Waals surface area contributed by atoms with E-state index in [9.17, 15) is 14.4 Å². The van der Waals surface area contributed by atoms with Gasteiger partial charge in [0.15, 0.2) is 6.10 Å². The summed E-state index contributed by atoms with van der Waals surface area (Å²) in [6.45, 7) is 3.45. The Balaban J connectivity index is 2.37. The number of ether oxygens (including phenoxy) is 1. The highest BCUT2D eigenvalue weighted by Gasteiger charge is 2.15. The number of amides is 2. The Labute approximate surface area is 122 Å². The SMILES string of the molecule is Cc1cccc(OC(C)C(=O)NNC(=O)CCC(=O)O)c1. The molecule has 0 heterocycles. The van der Waals surface area contributed by atoms with Gasteiger partial charge in [0, 0.05) is 6.42 Å². The van der Waals surface area contributed by atoms with Crippen molar-refractivity contribution in [3.63, 3.8) is 0 Å². The van der Waals surface area contributed by atoms with Crippen LogP contribution in [0.15, 0.2) is 24.3 Å². The van der Waals surface area contributed by atoms with E-state index in [1.165, 1.54) is 0 Å². The molecule has 0 bridgehead atoms. The van der Waals surface area contributed by atoms with Crippen LogP contribution in [-0.4, -0.2) is 29.0 Å². The average Bonchev–Trinajstić information content (AvgIpc) is 2.42. The zero-order valence-corrected chi connectivity index (χ0v) is 11.9. The van der Waals surface area contributed by atoms with E-state index in [2.05, 4.69) is 10.9 Å². The molecule has 0 fully saturated rings. The summed E-state index contributed by atoms with van der Waals surface area (Å²) in [6.07, 6.45) is -1.30. The number of carbonyl (C=O) groups excluding carboxylic acids is 2. The Kier molecular flexibility index (Phi) is 6.19. The summed E-state index contributed by atoms with van der Waals surface area (Å²) in [7, 11) is 0. The molecule has 0 spiro atoms. The van der Waals surface area contributed by atoms with Crippen LogP contribution in [0.25, 0.3) is 0 Å². The summed E-state index contributed by atoms with van der Waals surface area (Å²) in [5.41, 5.74) is 5.32. The number of hydrogen-bond donors (Lipinski definition) is 3. The lowest BCUT2D eigenvalue weighted by Gasteiger charge is -2.15. The van der Waals surface area contributed by atoms with E-state index in [1.807, 2.05) is 19.1 Å². The summed E-state index contributed by atoms with van der Waals surface area (Å²) >= 11 is 0. The van der Waals surface area contributed by atoms with Crippen molar-refractivity contribution in [2.75, 3.05) is 0 Å². The molecule has 1 aromatic carbocycles. The molecule has 0 aromatic heterocycles. The number of aliphatic carboxylic acids is 1. The minimum atomic E-state index is -1.08. The number of rotatable bonds is 6. The van der Waals surface area contributed by atoms with Crippen molar-refractivity contribution in [3.05, 3.63) is 29.8 Å². The van der Waals surface area contributed by atoms with Gasteiger partial charge in [-0.3, -0.25) is 25.2 Å². The maximum absolute atomic E-state index is 11.7. The lowest BCUT2D eigenvalue weighted by molar-refractivity contribution is -0.139. The third-order valence-electron chi connectivity index (χ3n) is 2.56. The van der Waals surface area contributed by atoms with Crippen LogP contribution < -0.4 is 15.6 Å². The molecule has 1 rings (SSSR count). The number of carboxylic acids is 1. The molecular formula is C14H18N2O5. The first-order chi connectivity index (χ1) is 9.88. The summed E-state index contributed by atoms with van der Waals surface area (Å²) < 4.78 is 5.43. The lowest BCUT2D eigenvalue weighted by atomic mass is 10.2. The minimum absolute atomic E-state index is 0.206. The van der Waals surface area contributed by atoms with E-state index in [0.717, 1.165) is 5.56 Å². The average molecular weight is 294 g/mol. The first kappa shape index (κ1) is 16.5. The summed E-state index contributed by atoms with van der Waals surface area (Å²) in [5.74, 6) is -1.63. The van der Waals surface area contributed by atoms with Crippen LogP contribution in [0.4, 0.5) is 0 Å². The van der Waals surface area contributed by atoms with Crippen LogP contribution in [0, 0.1) is 6.92 Å². The number of carbonyl (C=O) groups is 3. The number of benzene rings is 1. The molecule has 0 saturated carbocycles. The van der Waals surface area contributed by atoms with Crippen molar-refractivity contribution in [1.82, 2.24) is 10.9 Å². The van der Waals surface area contributed by atoms with Crippen molar-refractivity contribution < 1.29 is 24.2 Å². The Hall–Kier alpha value is -2.57. The smallest absolute Gasteiger partial charge is 0.303 e. The van der Waals surface area contributed by atoms with Crippen LogP contribution in [0.3, 0.4) is 0 Å². The van der Waals surface area contributed by atoms with Crippen LogP contribution in [0.5, 0.6) is 5.75 Å². The van der Waals surface area contributed by atoms with E-state index in [4.69, 9.17) is 9.84 Å². The van der Waals surface area contributed by atoms with Gasteiger partial charge >= 0.3 is 5.97 Å². The summed E-state index contributed by atoms with van der Waals surface area (Å²) in [5, 5.41) is 8.43. The zero-order valence-electron chi connectivity index (χ0n) is 11.9. The molecule has 21 heavy (non-hydrogen) atoms. The molecular weight excluding hydrogens is 276 g/mol. The Bertz CT molecular complexity index is 530. The molecule has 0 aliphatic rings. The van der Waals surface area contributed by atoms with Gasteiger partial charge in [0.05, 0.1) is 6.42 Å². The first-order valence-corrected chi connectivity index (χ1v) is 6.42. The maximum atomic E-state index is 11.7. The number of hydrogen-bond acceptors (Lipinski definition) is 4. The normalized spacial score (nSPS) is 11.3. The molecule has 1 atom stereocenters. The van der Waals surface area contributed by atoms with Crippen LogP contribution in [0.2, 0.25) is 0 Å². The van der Waals surface area contributed by atoms with Gasteiger partial charge in [0.25, 0.3) is 5.91 Å². The number of carboxylic acid groups (broad SMARTS) is 1. The quantitative estimate of drug-likeness (QED) is 0.672. The van der Waals surface area contributed by atoms with Crippen LogP contribution in [0.1, 0.15) is 25.3 Å². The molecule has 0 radical (unpaired) electrons. The van der Waals surface area contributed by atoms with Gasteiger partial charge in [0.2, 0.25) is 5.91 Å². The van der Waals surface area contributed by atoms with Crippen molar-refractivity contribution in [2.45, 2.75) is 32.8 Å². The second kappa shape index (κ2) is 7.88. The zero-order chi connectivity index (χ0) is 15.8. The highest BCUT2D eigenvalue weighted by Crippen LogP contribution is 2.13. The van der Waals surface area contributed by atoms with Gasteiger partial charge in [0.1, 0.15) is 5.75 Å². The van der Waals surface area contributed by atoms with Crippen molar-refractivity contribution >= 4 is 17.8 Å². The van der Waals surface area contributed by atoms with Crippen molar-refractivity contribution in [3.8, 4) is 5.75 Å². The molecule has 7 nitrogen and oxygen atoms in total. The highest BCUT2D eigenvalue weighted by molar-refractivity contribution is 5.85. The van der Waals surface area contributed by atoms with E-state index >= 15 is 0 Å². The Morgan fingerprint density at radius 2 is 1.95 bits per heavy atom. The van der Waals surface area contributed by atoms with Crippen LogP contribution >= 0.6 is 0 Å². The molecule has 3 N–H and O–H groups in total. The van der Waals surface area contributed by atoms with Crippen LogP contribution in [-0.2, 0) is 14.4 Å². The molecule has 0 saturated heterocycles. The second-order valence-electron chi connectivity index (χ2n) is 4.51.